The quantitative estimate of drug-likeness (QED) is 0.234. The Morgan fingerprint density at radius 2 is 1.89 bits per heavy atom. The van der Waals surface area contributed by atoms with E-state index in [0.717, 1.165) is 4.90 Å². The third-order valence-corrected chi connectivity index (χ3v) is 9.70. The van der Waals surface area contributed by atoms with Crippen molar-refractivity contribution in [2.24, 2.45) is 23.5 Å². The average Bonchev–Trinajstić information content (AvgIpc) is 3.18. The Balaban J connectivity index is 1.76. The first-order valence-electron chi connectivity index (χ1n) is 11.0. The summed E-state index contributed by atoms with van der Waals surface area (Å²) in [6, 6.07) is 3.17. The maximum absolute atomic E-state index is 13.6. The zero-order valence-electron chi connectivity index (χ0n) is 18.7. The lowest BCUT2D eigenvalue weighted by atomic mass is 9.56. The number of methoxy groups -OCH3 is 1. The molecule has 6 amide bonds. The zero-order chi connectivity index (χ0) is 26.3. The van der Waals surface area contributed by atoms with E-state index in [1.54, 1.807) is 6.08 Å². The predicted octanol–water partition coefficient (Wildman–Crippen LogP) is 2.19. The number of hydrogen-bond donors (Lipinski definition) is 2. The monoisotopic (exact) mass is 599 g/mol. The summed E-state index contributed by atoms with van der Waals surface area (Å²) in [5.41, 5.74) is 5.77. The fraction of sp³-hybridized carbons (Fsp3) is 0.435. The number of urea groups is 1. The fourth-order valence-corrected chi connectivity index (χ4v) is 7.62. The van der Waals surface area contributed by atoms with Gasteiger partial charge in [-0.05, 0) is 37.0 Å². The molecule has 1 saturated carbocycles. The molecule has 13 heteroatoms. The second-order valence-corrected chi connectivity index (χ2v) is 11.0. The largest absolute Gasteiger partial charge is 0.508 e. The van der Waals surface area contributed by atoms with Crippen molar-refractivity contribution in [3.05, 3.63) is 35.4 Å². The van der Waals surface area contributed by atoms with E-state index in [0.29, 0.717) is 16.2 Å². The number of primary amides is 1. The highest BCUT2D eigenvalue weighted by molar-refractivity contribution is 9.09. The minimum Gasteiger partial charge on any atom is -0.508 e. The Morgan fingerprint density at radius 3 is 2.50 bits per heavy atom. The summed E-state index contributed by atoms with van der Waals surface area (Å²) in [6.07, 6.45) is 1.50. The highest BCUT2D eigenvalue weighted by atomic mass is 79.9. The standard InChI is InChI=1S/C23H20BrCl2N3O7/c1-36-9-2-5-14(30)12(6-9)16-10-3-4-11-15(18(32)29(17(11)31)21(27)35)13(10)7-22(25)19(33)28(8-24)20(34)23(16,22)26/h2-3,5-6,11,13,15-16,30H,4,7-8H2,1H3,(H2,27,35). The van der Waals surface area contributed by atoms with Gasteiger partial charge in [-0.2, -0.15) is 4.90 Å². The minimum atomic E-state index is -2.06. The zero-order valence-corrected chi connectivity index (χ0v) is 21.8. The van der Waals surface area contributed by atoms with E-state index in [-0.39, 0.29) is 29.6 Å². The van der Waals surface area contributed by atoms with Crippen LogP contribution in [0.3, 0.4) is 0 Å². The Labute approximate surface area is 223 Å². The molecule has 2 aliphatic heterocycles. The van der Waals surface area contributed by atoms with Gasteiger partial charge in [0.1, 0.15) is 11.5 Å². The molecule has 2 aliphatic carbocycles. The molecular formula is C23H20BrCl2N3O7. The number of imide groups is 4. The van der Waals surface area contributed by atoms with Crippen molar-refractivity contribution in [2.45, 2.75) is 28.5 Å². The minimum absolute atomic E-state index is 0.0681. The van der Waals surface area contributed by atoms with Crippen LogP contribution in [-0.4, -0.2) is 66.9 Å². The first-order chi connectivity index (χ1) is 16.9. The van der Waals surface area contributed by atoms with E-state index < -0.39 is 63.1 Å². The molecule has 0 aromatic heterocycles. The van der Waals surface area contributed by atoms with Crippen LogP contribution in [0.15, 0.2) is 29.8 Å². The van der Waals surface area contributed by atoms with E-state index in [1.165, 1.54) is 25.3 Å². The van der Waals surface area contributed by atoms with Crippen LogP contribution in [0.4, 0.5) is 4.79 Å². The highest BCUT2D eigenvalue weighted by Gasteiger charge is 2.76. The number of phenolic OH excluding ortho intramolecular Hbond substituents is 1. The molecule has 10 nitrogen and oxygen atoms in total. The maximum atomic E-state index is 13.6. The summed E-state index contributed by atoms with van der Waals surface area (Å²) >= 11 is 17.2. The van der Waals surface area contributed by atoms with Crippen LogP contribution < -0.4 is 10.5 Å². The molecule has 0 radical (unpaired) electrons. The summed E-state index contributed by atoms with van der Waals surface area (Å²) in [4.78, 5) is 62.4. The number of likely N-dealkylation sites (tertiary alicyclic amines) is 2. The number of hydrogen-bond acceptors (Lipinski definition) is 7. The van der Waals surface area contributed by atoms with E-state index in [1.807, 2.05) is 0 Å². The maximum Gasteiger partial charge on any atom is 0.328 e. The number of nitrogens with zero attached hydrogens (tertiary/aromatic N) is 2. The van der Waals surface area contributed by atoms with Gasteiger partial charge in [0.05, 0.1) is 24.4 Å². The summed E-state index contributed by atoms with van der Waals surface area (Å²) < 4.78 is 5.30. The van der Waals surface area contributed by atoms with Crippen LogP contribution in [0, 0.1) is 17.8 Å². The fourth-order valence-electron chi connectivity index (χ4n) is 6.21. The van der Waals surface area contributed by atoms with Crippen molar-refractivity contribution in [1.82, 2.24) is 9.80 Å². The number of nitrogens with two attached hydrogens (primary N) is 1. The van der Waals surface area contributed by atoms with Crippen molar-refractivity contribution < 1.29 is 33.8 Å². The molecule has 190 valence electrons. The van der Waals surface area contributed by atoms with Crippen molar-refractivity contribution in [1.29, 1.82) is 0 Å². The predicted molar refractivity (Wildman–Crippen MR) is 129 cm³/mol. The summed E-state index contributed by atoms with van der Waals surface area (Å²) in [5.74, 6) is -6.85. The topological polar surface area (TPSA) is 147 Å². The Bertz CT molecular complexity index is 1290. The number of allylic oxidation sites excluding steroid dienone is 2. The number of alkyl halides is 3. The molecular weight excluding hydrogens is 581 g/mol. The van der Waals surface area contributed by atoms with Crippen LogP contribution in [0.2, 0.25) is 0 Å². The number of aromatic hydroxyl groups is 1. The van der Waals surface area contributed by atoms with Gasteiger partial charge in [0, 0.05) is 11.5 Å². The first-order valence-corrected chi connectivity index (χ1v) is 12.9. The summed E-state index contributed by atoms with van der Waals surface area (Å²) in [5, 5.41) is 10.9. The smallest absolute Gasteiger partial charge is 0.328 e. The van der Waals surface area contributed by atoms with E-state index in [9.17, 15) is 29.1 Å². The van der Waals surface area contributed by atoms with Gasteiger partial charge in [-0.1, -0.05) is 27.6 Å². The molecule has 6 atom stereocenters. The molecule has 6 unspecified atom stereocenters. The summed E-state index contributed by atoms with van der Waals surface area (Å²) in [7, 11) is 1.42. The van der Waals surface area contributed by atoms with Crippen molar-refractivity contribution >= 4 is 68.8 Å². The SMILES string of the molecule is COc1ccc(O)c(C2C3=CCC4C(=O)N(C(N)=O)C(=O)C4C3CC3(Cl)C(=O)N(CBr)C(=O)C23Cl)c1. The Kier molecular flexibility index (Phi) is 5.70. The molecule has 3 N–H and O–H groups in total. The molecule has 1 aromatic rings. The van der Waals surface area contributed by atoms with Crippen molar-refractivity contribution in [2.75, 3.05) is 12.6 Å². The van der Waals surface area contributed by atoms with E-state index >= 15 is 0 Å². The molecule has 0 bridgehead atoms. The number of carbonyl (C=O) groups excluding carboxylic acids is 5. The van der Waals surface area contributed by atoms with Gasteiger partial charge >= 0.3 is 6.03 Å². The lowest BCUT2D eigenvalue weighted by molar-refractivity contribution is -0.139. The molecule has 0 spiro atoms. The van der Waals surface area contributed by atoms with Crippen LogP contribution >= 0.6 is 39.1 Å². The van der Waals surface area contributed by atoms with Crippen LogP contribution in [0.5, 0.6) is 11.5 Å². The van der Waals surface area contributed by atoms with Crippen molar-refractivity contribution in [3.8, 4) is 11.5 Å². The van der Waals surface area contributed by atoms with Gasteiger partial charge in [-0.25, -0.2) is 4.79 Å². The number of phenols is 1. The normalized spacial score (nSPS) is 35.4. The number of amides is 6. The molecule has 5 rings (SSSR count). The van der Waals surface area contributed by atoms with Gasteiger partial charge in [0.25, 0.3) is 11.8 Å². The number of fused-ring (bicyclic) bond motifs is 4. The third kappa shape index (κ3) is 2.93. The number of halogens is 3. The van der Waals surface area contributed by atoms with Gasteiger partial charge in [0.15, 0.2) is 9.75 Å². The van der Waals surface area contributed by atoms with Crippen molar-refractivity contribution in [3.63, 3.8) is 0 Å². The van der Waals surface area contributed by atoms with Gasteiger partial charge < -0.3 is 15.6 Å². The molecule has 2 saturated heterocycles. The molecule has 4 aliphatic rings. The van der Waals surface area contributed by atoms with E-state index in [4.69, 9.17) is 33.7 Å². The Morgan fingerprint density at radius 1 is 1.19 bits per heavy atom. The average molecular weight is 601 g/mol. The van der Waals surface area contributed by atoms with Gasteiger partial charge in [-0.3, -0.25) is 24.1 Å². The second-order valence-electron chi connectivity index (χ2n) is 9.26. The Hall–Kier alpha value is -2.63. The lowest BCUT2D eigenvalue weighted by Gasteiger charge is -2.50. The number of benzene rings is 1. The number of carbonyl (C=O) groups is 5. The van der Waals surface area contributed by atoms with Gasteiger partial charge in [0.2, 0.25) is 11.8 Å². The van der Waals surface area contributed by atoms with Gasteiger partial charge in [-0.15, -0.1) is 23.2 Å². The summed E-state index contributed by atoms with van der Waals surface area (Å²) in [6.45, 7) is 0. The van der Waals surface area contributed by atoms with Crippen LogP contribution in [0.25, 0.3) is 0 Å². The number of ether oxygens (including phenoxy) is 1. The first kappa shape index (κ1) is 25.0. The molecule has 2 heterocycles. The molecule has 3 fully saturated rings. The van der Waals surface area contributed by atoms with Crippen LogP contribution in [0.1, 0.15) is 24.3 Å². The second kappa shape index (κ2) is 8.19. The number of rotatable bonds is 3. The van der Waals surface area contributed by atoms with Crippen LogP contribution in [-0.2, 0) is 19.2 Å². The molecule has 1 aromatic carbocycles. The highest BCUT2D eigenvalue weighted by Crippen LogP contribution is 2.66. The lowest BCUT2D eigenvalue weighted by Crippen LogP contribution is -2.60. The molecule has 36 heavy (non-hydrogen) atoms. The third-order valence-electron chi connectivity index (χ3n) is 7.78. The van der Waals surface area contributed by atoms with E-state index in [2.05, 4.69) is 15.9 Å².